The van der Waals surface area contributed by atoms with E-state index in [0.717, 1.165) is 19.6 Å². The van der Waals surface area contributed by atoms with Gasteiger partial charge < -0.3 is 10.2 Å². The van der Waals surface area contributed by atoms with E-state index in [2.05, 4.69) is 26.1 Å². The molecule has 0 unspecified atom stereocenters. The lowest BCUT2D eigenvalue weighted by atomic mass is 9.86. The molecule has 0 atom stereocenters. The SMILES string of the molecule is CCCCCC(C)(C)CN1CCNCC1=O. The van der Waals surface area contributed by atoms with E-state index in [1.807, 2.05) is 4.90 Å². The molecule has 1 rings (SSSR count). The predicted molar refractivity (Wildman–Crippen MR) is 67.4 cm³/mol. The van der Waals surface area contributed by atoms with Crippen molar-refractivity contribution in [2.24, 2.45) is 5.41 Å². The van der Waals surface area contributed by atoms with Crippen LogP contribution in [0.25, 0.3) is 0 Å². The average molecular weight is 226 g/mol. The molecule has 0 spiro atoms. The fourth-order valence-electron chi connectivity index (χ4n) is 2.26. The number of amides is 1. The van der Waals surface area contributed by atoms with Crippen molar-refractivity contribution in [2.75, 3.05) is 26.2 Å². The molecule has 3 heteroatoms. The van der Waals surface area contributed by atoms with Crippen LogP contribution in [0.5, 0.6) is 0 Å². The van der Waals surface area contributed by atoms with E-state index in [1.54, 1.807) is 0 Å². The van der Waals surface area contributed by atoms with Crippen LogP contribution < -0.4 is 5.32 Å². The second kappa shape index (κ2) is 6.24. The van der Waals surface area contributed by atoms with Gasteiger partial charge in [-0.1, -0.05) is 40.0 Å². The van der Waals surface area contributed by atoms with Crippen LogP contribution in [0.15, 0.2) is 0 Å². The molecule has 1 aliphatic rings. The number of unbranched alkanes of at least 4 members (excludes halogenated alkanes) is 2. The van der Waals surface area contributed by atoms with Crippen molar-refractivity contribution in [1.29, 1.82) is 0 Å². The van der Waals surface area contributed by atoms with E-state index >= 15 is 0 Å². The lowest BCUT2D eigenvalue weighted by molar-refractivity contribution is -0.133. The molecule has 0 aromatic rings. The van der Waals surface area contributed by atoms with Gasteiger partial charge in [-0.2, -0.15) is 0 Å². The molecule has 16 heavy (non-hydrogen) atoms. The average Bonchev–Trinajstić information content (AvgIpc) is 2.21. The molecule has 1 heterocycles. The standard InChI is InChI=1S/C13H26N2O/c1-4-5-6-7-13(2,3)11-15-9-8-14-10-12(15)16/h14H,4-11H2,1-3H3. The first-order valence-corrected chi connectivity index (χ1v) is 6.54. The van der Waals surface area contributed by atoms with Gasteiger partial charge in [0, 0.05) is 19.6 Å². The minimum absolute atomic E-state index is 0.259. The quantitative estimate of drug-likeness (QED) is 0.703. The molecule has 1 amide bonds. The number of nitrogens with one attached hydrogen (secondary N) is 1. The Hall–Kier alpha value is -0.570. The molecule has 1 saturated heterocycles. The Labute approximate surface area is 99.6 Å². The number of rotatable bonds is 6. The van der Waals surface area contributed by atoms with Crippen LogP contribution in [0, 0.1) is 5.41 Å². The second-order valence-corrected chi connectivity index (χ2v) is 5.61. The van der Waals surface area contributed by atoms with Crippen LogP contribution >= 0.6 is 0 Å². The maximum atomic E-state index is 11.7. The monoisotopic (exact) mass is 226 g/mol. The summed E-state index contributed by atoms with van der Waals surface area (Å²) in [4.78, 5) is 13.7. The summed E-state index contributed by atoms with van der Waals surface area (Å²) in [6.45, 7) is 10.0. The number of hydrogen-bond donors (Lipinski definition) is 1. The first kappa shape index (κ1) is 13.5. The largest absolute Gasteiger partial charge is 0.340 e. The molecule has 94 valence electrons. The Morgan fingerprint density at radius 3 is 2.75 bits per heavy atom. The Balaban J connectivity index is 2.34. The highest BCUT2D eigenvalue weighted by Gasteiger charge is 2.25. The highest BCUT2D eigenvalue weighted by molar-refractivity contribution is 5.79. The summed E-state index contributed by atoms with van der Waals surface area (Å²) in [5.74, 6) is 0.259. The van der Waals surface area contributed by atoms with Crippen LogP contribution in [0.1, 0.15) is 46.5 Å². The van der Waals surface area contributed by atoms with Gasteiger partial charge >= 0.3 is 0 Å². The summed E-state index contributed by atoms with van der Waals surface area (Å²) >= 11 is 0. The topological polar surface area (TPSA) is 32.3 Å². The minimum atomic E-state index is 0.259. The van der Waals surface area contributed by atoms with Gasteiger partial charge in [-0.05, 0) is 11.8 Å². The molecule has 1 aliphatic heterocycles. The Kier molecular flexibility index (Phi) is 5.26. The van der Waals surface area contributed by atoms with Crippen molar-refractivity contribution in [2.45, 2.75) is 46.5 Å². The van der Waals surface area contributed by atoms with Crippen molar-refractivity contribution >= 4 is 5.91 Å². The Morgan fingerprint density at radius 1 is 1.38 bits per heavy atom. The first-order chi connectivity index (χ1) is 7.55. The van der Waals surface area contributed by atoms with E-state index in [4.69, 9.17) is 0 Å². The van der Waals surface area contributed by atoms with Gasteiger partial charge in [0.25, 0.3) is 0 Å². The molecule has 0 aromatic carbocycles. The van der Waals surface area contributed by atoms with Crippen molar-refractivity contribution in [3.63, 3.8) is 0 Å². The van der Waals surface area contributed by atoms with Crippen molar-refractivity contribution < 1.29 is 4.79 Å². The molecule has 0 saturated carbocycles. The minimum Gasteiger partial charge on any atom is -0.340 e. The molecule has 0 aliphatic carbocycles. The second-order valence-electron chi connectivity index (χ2n) is 5.61. The number of carbonyl (C=O) groups is 1. The number of piperazine rings is 1. The lowest BCUT2D eigenvalue weighted by Gasteiger charge is -2.35. The molecule has 0 aromatic heterocycles. The van der Waals surface area contributed by atoms with Gasteiger partial charge in [-0.15, -0.1) is 0 Å². The number of nitrogens with zero attached hydrogens (tertiary/aromatic N) is 1. The Morgan fingerprint density at radius 2 is 2.12 bits per heavy atom. The van der Waals surface area contributed by atoms with Crippen molar-refractivity contribution in [3.05, 3.63) is 0 Å². The summed E-state index contributed by atoms with van der Waals surface area (Å²) in [7, 11) is 0. The third-order valence-electron chi connectivity index (χ3n) is 3.26. The van der Waals surface area contributed by atoms with Gasteiger partial charge in [0.1, 0.15) is 0 Å². The van der Waals surface area contributed by atoms with Crippen LogP contribution in [0.3, 0.4) is 0 Å². The molecular weight excluding hydrogens is 200 g/mol. The molecule has 0 radical (unpaired) electrons. The number of carbonyl (C=O) groups excluding carboxylic acids is 1. The molecule has 1 N–H and O–H groups in total. The van der Waals surface area contributed by atoms with Gasteiger partial charge in [0.15, 0.2) is 0 Å². The van der Waals surface area contributed by atoms with E-state index in [9.17, 15) is 4.79 Å². The first-order valence-electron chi connectivity index (χ1n) is 6.54. The van der Waals surface area contributed by atoms with E-state index in [1.165, 1.54) is 25.7 Å². The predicted octanol–water partition coefficient (Wildman–Crippen LogP) is 2.02. The zero-order valence-electron chi connectivity index (χ0n) is 11.0. The Bertz CT molecular complexity index is 226. The molecule has 1 fully saturated rings. The number of hydrogen-bond acceptors (Lipinski definition) is 2. The zero-order valence-corrected chi connectivity index (χ0v) is 11.0. The summed E-state index contributed by atoms with van der Waals surface area (Å²) in [5.41, 5.74) is 0.266. The summed E-state index contributed by atoms with van der Waals surface area (Å²) in [6.07, 6.45) is 5.07. The fraction of sp³-hybridized carbons (Fsp3) is 0.923. The normalized spacial score (nSPS) is 17.9. The van der Waals surface area contributed by atoms with Crippen LogP contribution in [-0.2, 0) is 4.79 Å². The van der Waals surface area contributed by atoms with E-state index < -0.39 is 0 Å². The maximum Gasteiger partial charge on any atom is 0.236 e. The van der Waals surface area contributed by atoms with Gasteiger partial charge in [-0.3, -0.25) is 4.79 Å². The molecule has 0 bridgehead atoms. The van der Waals surface area contributed by atoms with Crippen LogP contribution in [-0.4, -0.2) is 37.0 Å². The van der Waals surface area contributed by atoms with Gasteiger partial charge in [0.05, 0.1) is 6.54 Å². The van der Waals surface area contributed by atoms with E-state index in [0.29, 0.717) is 6.54 Å². The summed E-state index contributed by atoms with van der Waals surface area (Å²) < 4.78 is 0. The van der Waals surface area contributed by atoms with Crippen LogP contribution in [0.4, 0.5) is 0 Å². The summed E-state index contributed by atoms with van der Waals surface area (Å²) in [5, 5.41) is 3.11. The van der Waals surface area contributed by atoms with Crippen molar-refractivity contribution in [1.82, 2.24) is 10.2 Å². The third-order valence-corrected chi connectivity index (χ3v) is 3.26. The third kappa shape index (κ3) is 4.52. The van der Waals surface area contributed by atoms with Crippen molar-refractivity contribution in [3.8, 4) is 0 Å². The molecular formula is C13H26N2O. The van der Waals surface area contributed by atoms with Crippen LogP contribution in [0.2, 0.25) is 0 Å². The van der Waals surface area contributed by atoms with E-state index in [-0.39, 0.29) is 11.3 Å². The van der Waals surface area contributed by atoms with Gasteiger partial charge in [-0.25, -0.2) is 0 Å². The zero-order chi connectivity index (χ0) is 12.0. The molecule has 3 nitrogen and oxygen atoms in total. The van der Waals surface area contributed by atoms with Gasteiger partial charge in [0.2, 0.25) is 5.91 Å². The summed E-state index contributed by atoms with van der Waals surface area (Å²) in [6, 6.07) is 0. The maximum absolute atomic E-state index is 11.7. The highest BCUT2D eigenvalue weighted by atomic mass is 16.2. The fourth-order valence-corrected chi connectivity index (χ4v) is 2.26. The lowest BCUT2D eigenvalue weighted by Crippen LogP contribution is -2.50. The smallest absolute Gasteiger partial charge is 0.236 e. The highest BCUT2D eigenvalue weighted by Crippen LogP contribution is 2.25.